The fraction of sp³-hybridized carbons (Fsp3) is 0.421. The summed E-state index contributed by atoms with van der Waals surface area (Å²) in [6.45, 7) is 5.43. The van der Waals surface area contributed by atoms with Crippen LogP contribution >= 0.6 is 15.9 Å². The molecule has 9 nitrogen and oxygen atoms in total. The smallest absolute Gasteiger partial charge is 0.344 e. The molecule has 0 saturated carbocycles. The largest absolute Gasteiger partial charge is 0.490 e. The van der Waals surface area contributed by atoms with E-state index in [-0.39, 0.29) is 18.8 Å². The topological polar surface area (TPSA) is 112 Å². The van der Waals surface area contributed by atoms with Crippen LogP contribution in [0.2, 0.25) is 0 Å². The van der Waals surface area contributed by atoms with Crippen molar-refractivity contribution in [1.82, 2.24) is 10.6 Å². The van der Waals surface area contributed by atoms with Crippen LogP contribution < -0.4 is 20.1 Å². The highest BCUT2D eigenvalue weighted by Gasteiger charge is 2.33. The molecule has 0 fully saturated rings. The molecule has 1 heterocycles. The summed E-state index contributed by atoms with van der Waals surface area (Å²) < 4.78 is 21.4. The number of carbonyl (C=O) groups is 3. The molecule has 1 aliphatic rings. The first-order valence-corrected chi connectivity index (χ1v) is 9.72. The number of amides is 2. The number of hydrogen-bond donors (Lipinski definition) is 2. The number of urea groups is 1. The summed E-state index contributed by atoms with van der Waals surface area (Å²) in [5.41, 5.74) is 1.21. The molecule has 0 radical (unpaired) electrons. The van der Waals surface area contributed by atoms with Gasteiger partial charge in [-0.3, -0.25) is 0 Å². The van der Waals surface area contributed by atoms with E-state index in [9.17, 15) is 14.4 Å². The van der Waals surface area contributed by atoms with E-state index in [0.29, 0.717) is 33.8 Å². The van der Waals surface area contributed by atoms with Gasteiger partial charge in [-0.2, -0.15) is 0 Å². The van der Waals surface area contributed by atoms with Gasteiger partial charge in [-0.1, -0.05) is 15.9 Å². The molecule has 1 aliphatic heterocycles. The summed E-state index contributed by atoms with van der Waals surface area (Å²) in [4.78, 5) is 35.9. The van der Waals surface area contributed by atoms with Gasteiger partial charge < -0.3 is 29.6 Å². The van der Waals surface area contributed by atoms with Crippen LogP contribution in [0.1, 0.15) is 32.4 Å². The Hall–Kier alpha value is -2.75. The quantitative estimate of drug-likeness (QED) is 0.561. The maximum Gasteiger partial charge on any atom is 0.344 e. The van der Waals surface area contributed by atoms with E-state index in [1.54, 1.807) is 32.9 Å². The number of rotatable bonds is 8. The fourth-order valence-corrected chi connectivity index (χ4v) is 3.35. The van der Waals surface area contributed by atoms with E-state index < -0.39 is 24.0 Å². The number of hydrogen-bond acceptors (Lipinski definition) is 7. The van der Waals surface area contributed by atoms with Crippen LogP contribution in [0, 0.1) is 0 Å². The van der Waals surface area contributed by atoms with Gasteiger partial charge in [-0.05, 0) is 38.5 Å². The second-order valence-corrected chi connectivity index (χ2v) is 6.76. The SMILES string of the molecule is CCOC(=O)COc1cc(Br)c([C@@H]2NC(=O)NC(C)=C2C(=O)OC)cc1OCC. The lowest BCUT2D eigenvalue weighted by Gasteiger charge is -2.29. The molecule has 1 aromatic carbocycles. The highest BCUT2D eigenvalue weighted by Crippen LogP contribution is 2.39. The van der Waals surface area contributed by atoms with Crippen LogP contribution in [0.3, 0.4) is 0 Å². The molecule has 0 aromatic heterocycles. The Balaban J connectivity index is 2.45. The average Bonchev–Trinajstić information content (AvgIpc) is 2.67. The lowest BCUT2D eigenvalue weighted by atomic mass is 9.95. The molecule has 0 saturated heterocycles. The summed E-state index contributed by atoms with van der Waals surface area (Å²) in [6.07, 6.45) is 0. The Morgan fingerprint density at radius 1 is 1.14 bits per heavy atom. The number of halogens is 1. The third kappa shape index (κ3) is 5.41. The van der Waals surface area contributed by atoms with Crippen LogP contribution in [-0.2, 0) is 19.1 Å². The molecule has 1 atom stereocenters. The third-order valence-corrected chi connectivity index (χ3v) is 4.69. The molecule has 1 aromatic rings. The molecule has 158 valence electrons. The van der Waals surface area contributed by atoms with Crippen LogP contribution in [-0.4, -0.2) is 44.9 Å². The lowest BCUT2D eigenvalue weighted by Crippen LogP contribution is -2.45. The van der Waals surface area contributed by atoms with E-state index in [1.165, 1.54) is 7.11 Å². The number of esters is 2. The zero-order valence-corrected chi connectivity index (χ0v) is 18.2. The molecule has 29 heavy (non-hydrogen) atoms. The first kappa shape index (κ1) is 22.5. The van der Waals surface area contributed by atoms with Crippen molar-refractivity contribution in [2.24, 2.45) is 0 Å². The summed E-state index contributed by atoms with van der Waals surface area (Å²) in [5, 5.41) is 5.28. The van der Waals surface area contributed by atoms with Gasteiger partial charge in [0.25, 0.3) is 0 Å². The van der Waals surface area contributed by atoms with E-state index >= 15 is 0 Å². The number of ether oxygens (including phenoxy) is 4. The molecule has 2 amide bonds. The normalized spacial score (nSPS) is 15.9. The van der Waals surface area contributed by atoms with Crippen molar-refractivity contribution >= 4 is 33.9 Å². The van der Waals surface area contributed by atoms with Crippen molar-refractivity contribution in [2.75, 3.05) is 26.9 Å². The summed E-state index contributed by atoms with van der Waals surface area (Å²) in [6, 6.07) is 2.02. The Morgan fingerprint density at radius 2 is 1.83 bits per heavy atom. The Morgan fingerprint density at radius 3 is 2.45 bits per heavy atom. The highest BCUT2D eigenvalue weighted by molar-refractivity contribution is 9.10. The van der Waals surface area contributed by atoms with Crippen molar-refractivity contribution in [3.05, 3.63) is 33.4 Å². The molecule has 0 bridgehead atoms. The lowest BCUT2D eigenvalue weighted by molar-refractivity contribution is -0.145. The van der Waals surface area contributed by atoms with E-state index in [0.717, 1.165) is 0 Å². The molecule has 2 N–H and O–H groups in total. The Labute approximate surface area is 176 Å². The van der Waals surface area contributed by atoms with Crippen molar-refractivity contribution in [3.63, 3.8) is 0 Å². The van der Waals surface area contributed by atoms with E-state index in [4.69, 9.17) is 18.9 Å². The van der Waals surface area contributed by atoms with Gasteiger partial charge in [0.1, 0.15) is 0 Å². The van der Waals surface area contributed by atoms with Gasteiger partial charge in [-0.25, -0.2) is 14.4 Å². The predicted octanol–water partition coefficient (Wildman–Crippen LogP) is 2.59. The summed E-state index contributed by atoms with van der Waals surface area (Å²) in [5.74, 6) is -0.416. The van der Waals surface area contributed by atoms with E-state index in [1.807, 2.05) is 0 Å². The number of benzene rings is 1. The van der Waals surface area contributed by atoms with Gasteiger partial charge in [-0.15, -0.1) is 0 Å². The fourth-order valence-electron chi connectivity index (χ4n) is 2.80. The number of methoxy groups -OCH3 is 1. The van der Waals surface area contributed by atoms with E-state index in [2.05, 4.69) is 26.6 Å². The maximum absolute atomic E-state index is 12.3. The van der Waals surface area contributed by atoms with Gasteiger partial charge in [0.05, 0.1) is 31.9 Å². The minimum absolute atomic E-state index is 0.251. The molecule has 2 rings (SSSR count). The standard InChI is InChI=1S/C19H23BrN2O7/c1-5-27-13-7-11(12(20)8-14(13)29-9-15(23)28-6-2)17-16(18(24)26-4)10(3)21-19(25)22-17/h7-8,17H,5-6,9H2,1-4H3,(H2,21,22,25)/t17-/m0/s1. The summed E-state index contributed by atoms with van der Waals surface area (Å²) in [7, 11) is 1.27. The molecule has 0 aliphatic carbocycles. The second-order valence-electron chi connectivity index (χ2n) is 5.91. The summed E-state index contributed by atoms with van der Waals surface area (Å²) >= 11 is 3.45. The molecule has 10 heteroatoms. The number of nitrogens with one attached hydrogen (secondary N) is 2. The van der Waals surface area contributed by atoms with Gasteiger partial charge in [0, 0.05) is 10.2 Å². The number of carbonyl (C=O) groups excluding carboxylic acids is 3. The monoisotopic (exact) mass is 470 g/mol. The van der Waals surface area contributed by atoms with Crippen LogP contribution in [0.4, 0.5) is 4.79 Å². The van der Waals surface area contributed by atoms with Crippen molar-refractivity contribution < 1.29 is 33.3 Å². The average molecular weight is 471 g/mol. The highest BCUT2D eigenvalue weighted by atomic mass is 79.9. The zero-order chi connectivity index (χ0) is 21.6. The van der Waals surface area contributed by atoms with Gasteiger partial charge in [0.15, 0.2) is 18.1 Å². The Kier molecular flexibility index (Phi) is 7.89. The molecular weight excluding hydrogens is 448 g/mol. The third-order valence-electron chi connectivity index (χ3n) is 4.00. The van der Waals surface area contributed by atoms with Gasteiger partial charge in [0.2, 0.25) is 0 Å². The molecule has 0 unspecified atom stereocenters. The minimum Gasteiger partial charge on any atom is -0.490 e. The molecular formula is C19H23BrN2O7. The van der Waals surface area contributed by atoms with Crippen molar-refractivity contribution in [3.8, 4) is 11.5 Å². The Bertz CT molecular complexity index is 838. The van der Waals surface area contributed by atoms with Crippen molar-refractivity contribution in [2.45, 2.75) is 26.8 Å². The van der Waals surface area contributed by atoms with Crippen molar-refractivity contribution in [1.29, 1.82) is 0 Å². The number of allylic oxidation sites excluding steroid dienone is 1. The molecule has 0 spiro atoms. The first-order valence-electron chi connectivity index (χ1n) is 8.93. The zero-order valence-electron chi connectivity index (χ0n) is 16.6. The second kappa shape index (κ2) is 10.1. The van der Waals surface area contributed by atoms with Gasteiger partial charge >= 0.3 is 18.0 Å². The first-order chi connectivity index (χ1) is 13.8. The maximum atomic E-state index is 12.3. The minimum atomic E-state index is -0.774. The predicted molar refractivity (Wildman–Crippen MR) is 107 cm³/mol. The van der Waals surface area contributed by atoms with Crippen LogP contribution in [0.25, 0.3) is 0 Å². The van der Waals surface area contributed by atoms with Crippen LogP contribution in [0.15, 0.2) is 27.9 Å². The van der Waals surface area contributed by atoms with Crippen LogP contribution in [0.5, 0.6) is 11.5 Å².